The van der Waals surface area contributed by atoms with Crippen LogP contribution in [0.15, 0.2) is 42.5 Å². The van der Waals surface area contributed by atoms with Gasteiger partial charge >= 0.3 is 5.97 Å². The van der Waals surface area contributed by atoms with Crippen LogP contribution in [0, 0.1) is 0 Å². The van der Waals surface area contributed by atoms with Gasteiger partial charge in [0.05, 0.1) is 12.6 Å². The van der Waals surface area contributed by atoms with Gasteiger partial charge in [-0.25, -0.2) is 14.8 Å². The first-order valence-corrected chi connectivity index (χ1v) is 7.48. The summed E-state index contributed by atoms with van der Waals surface area (Å²) in [7, 11) is 1.47. The van der Waals surface area contributed by atoms with Crippen molar-refractivity contribution >= 4 is 34.3 Å². The van der Waals surface area contributed by atoms with Gasteiger partial charge in [-0.1, -0.05) is 23.7 Å². The molecular weight excluding hydrogens is 330 g/mol. The van der Waals surface area contributed by atoms with Gasteiger partial charge < -0.3 is 15.2 Å². The monoisotopic (exact) mass is 343 g/mol. The highest BCUT2D eigenvalue weighted by molar-refractivity contribution is 6.31. The van der Waals surface area contributed by atoms with Crippen LogP contribution in [0.3, 0.4) is 0 Å². The Morgan fingerprint density at radius 3 is 2.79 bits per heavy atom. The molecule has 3 rings (SSSR count). The van der Waals surface area contributed by atoms with E-state index < -0.39 is 5.97 Å². The molecule has 3 aromatic rings. The Hall–Kier alpha value is -2.86. The van der Waals surface area contributed by atoms with Crippen LogP contribution in [0.4, 0.5) is 5.82 Å². The van der Waals surface area contributed by atoms with Gasteiger partial charge in [0.25, 0.3) is 0 Å². The van der Waals surface area contributed by atoms with E-state index in [4.69, 9.17) is 26.8 Å². The standard InChI is InChI=1S/C17H14ClN3O3/c1-23-14-7-6-10(18)8-12(14)17(22)24-9-15-20-13-5-3-2-4-11(13)16(19)21-15/h2-8H,9H2,1H3,(H2,19,20,21). The summed E-state index contributed by atoms with van der Waals surface area (Å²) < 4.78 is 10.4. The predicted molar refractivity (Wildman–Crippen MR) is 91.1 cm³/mol. The van der Waals surface area contributed by atoms with Gasteiger partial charge in [0, 0.05) is 10.4 Å². The van der Waals surface area contributed by atoms with E-state index in [2.05, 4.69) is 9.97 Å². The number of hydrogen-bond acceptors (Lipinski definition) is 6. The van der Waals surface area contributed by atoms with Crippen molar-refractivity contribution in [3.8, 4) is 5.75 Å². The van der Waals surface area contributed by atoms with Crippen LogP contribution in [0.5, 0.6) is 5.75 Å². The molecule has 0 unspecified atom stereocenters. The number of halogens is 1. The number of rotatable bonds is 4. The van der Waals surface area contributed by atoms with E-state index in [1.54, 1.807) is 12.1 Å². The molecule has 24 heavy (non-hydrogen) atoms. The number of para-hydroxylation sites is 1. The topological polar surface area (TPSA) is 87.3 Å². The lowest BCUT2D eigenvalue weighted by molar-refractivity contribution is 0.0459. The number of esters is 1. The summed E-state index contributed by atoms with van der Waals surface area (Å²) in [5.74, 6) is 0.459. The first-order chi connectivity index (χ1) is 11.6. The van der Waals surface area contributed by atoms with Crippen LogP contribution in [-0.2, 0) is 11.3 Å². The van der Waals surface area contributed by atoms with Crippen molar-refractivity contribution in [2.45, 2.75) is 6.61 Å². The van der Waals surface area contributed by atoms with Crippen LogP contribution in [0.1, 0.15) is 16.2 Å². The highest BCUT2D eigenvalue weighted by Crippen LogP contribution is 2.24. The number of nitrogen functional groups attached to an aromatic ring is 1. The summed E-state index contributed by atoms with van der Waals surface area (Å²) in [5, 5.41) is 1.16. The number of fused-ring (bicyclic) bond motifs is 1. The smallest absolute Gasteiger partial charge is 0.342 e. The number of benzene rings is 2. The quantitative estimate of drug-likeness (QED) is 0.732. The summed E-state index contributed by atoms with van der Waals surface area (Å²) in [6.45, 7) is -0.108. The van der Waals surface area contributed by atoms with Gasteiger partial charge in [0.1, 0.15) is 17.1 Å². The van der Waals surface area contributed by atoms with E-state index in [1.807, 2.05) is 24.3 Å². The van der Waals surface area contributed by atoms with Crippen LogP contribution in [0.2, 0.25) is 5.02 Å². The Morgan fingerprint density at radius 1 is 1.21 bits per heavy atom. The Labute approximate surface area is 143 Å². The first-order valence-electron chi connectivity index (χ1n) is 7.10. The largest absolute Gasteiger partial charge is 0.496 e. The molecule has 7 heteroatoms. The molecule has 0 amide bonds. The molecular formula is C17H14ClN3O3. The fourth-order valence-electron chi connectivity index (χ4n) is 2.26. The fourth-order valence-corrected chi connectivity index (χ4v) is 2.44. The Kier molecular flexibility index (Phi) is 4.48. The Balaban J connectivity index is 1.81. The van der Waals surface area contributed by atoms with E-state index in [9.17, 15) is 4.79 Å². The van der Waals surface area contributed by atoms with E-state index in [0.717, 1.165) is 5.39 Å². The zero-order valence-corrected chi connectivity index (χ0v) is 13.6. The second kappa shape index (κ2) is 6.72. The number of carbonyl (C=O) groups excluding carboxylic acids is 1. The summed E-state index contributed by atoms with van der Waals surface area (Å²) in [6, 6.07) is 12.1. The zero-order valence-electron chi connectivity index (χ0n) is 12.8. The number of carbonyl (C=O) groups is 1. The number of anilines is 1. The van der Waals surface area contributed by atoms with Crippen LogP contribution < -0.4 is 10.5 Å². The third kappa shape index (κ3) is 3.23. The molecule has 0 radical (unpaired) electrons. The minimum absolute atomic E-state index is 0.108. The maximum Gasteiger partial charge on any atom is 0.342 e. The van der Waals surface area contributed by atoms with Gasteiger partial charge in [-0.3, -0.25) is 0 Å². The van der Waals surface area contributed by atoms with E-state index in [0.29, 0.717) is 27.9 Å². The predicted octanol–water partition coefficient (Wildman–Crippen LogP) is 3.23. The average Bonchev–Trinajstić information content (AvgIpc) is 2.59. The lowest BCUT2D eigenvalue weighted by atomic mass is 10.2. The molecule has 0 atom stereocenters. The highest BCUT2D eigenvalue weighted by atomic mass is 35.5. The number of aromatic nitrogens is 2. The second-order valence-electron chi connectivity index (χ2n) is 4.96. The molecule has 0 fully saturated rings. The maximum absolute atomic E-state index is 12.3. The van der Waals surface area contributed by atoms with Crippen molar-refractivity contribution in [3.63, 3.8) is 0 Å². The van der Waals surface area contributed by atoms with Crippen molar-refractivity contribution in [1.29, 1.82) is 0 Å². The van der Waals surface area contributed by atoms with Gasteiger partial charge in [-0.2, -0.15) is 0 Å². The zero-order chi connectivity index (χ0) is 17.1. The third-order valence-electron chi connectivity index (χ3n) is 3.39. The molecule has 0 aliphatic rings. The van der Waals surface area contributed by atoms with Gasteiger partial charge in [0.2, 0.25) is 0 Å². The molecule has 6 nitrogen and oxygen atoms in total. The molecule has 0 spiro atoms. The van der Waals surface area contributed by atoms with E-state index in [-0.39, 0.29) is 12.2 Å². The molecule has 0 saturated carbocycles. The van der Waals surface area contributed by atoms with Gasteiger partial charge in [-0.15, -0.1) is 0 Å². The molecule has 2 aromatic carbocycles. The lowest BCUT2D eigenvalue weighted by Crippen LogP contribution is -2.10. The average molecular weight is 344 g/mol. The van der Waals surface area contributed by atoms with Crippen LogP contribution >= 0.6 is 11.6 Å². The molecule has 122 valence electrons. The Morgan fingerprint density at radius 2 is 2.00 bits per heavy atom. The molecule has 0 bridgehead atoms. The molecule has 2 N–H and O–H groups in total. The minimum atomic E-state index is -0.579. The molecule has 0 aliphatic carbocycles. The SMILES string of the molecule is COc1ccc(Cl)cc1C(=O)OCc1nc(N)c2ccccc2n1. The van der Waals surface area contributed by atoms with Crippen LogP contribution in [-0.4, -0.2) is 23.0 Å². The van der Waals surface area contributed by atoms with E-state index in [1.165, 1.54) is 13.2 Å². The number of nitrogens with zero attached hydrogens (tertiary/aromatic N) is 2. The van der Waals surface area contributed by atoms with Gasteiger partial charge in [-0.05, 0) is 30.3 Å². The summed E-state index contributed by atoms with van der Waals surface area (Å²) in [5.41, 5.74) is 6.84. The molecule has 1 aromatic heterocycles. The number of methoxy groups -OCH3 is 1. The number of hydrogen-bond donors (Lipinski definition) is 1. The Bertz CT molecular complexity index is 915. The van der Waals surface area contributed by atoms with Crippen molar-refractivity contribution in [2.24, 2.45) is 0 Å². The van der Waals surface area contributed by atoms with Crippen molar-refractivity contribution < 1.29 is 14.3 Å². The second-order valence-corrected chi connectivity index (χ2v) is 5.40. The van der Waals surface area contributed by atoms with Gasteiger partial charge in [0.15, 0.2) is 12.4 Å². The van der Waals surface area contributed by atoms with Crippen molar-refractivity contribution in [3.05, 3.63) is 58.9 Å². The summed E-state index contributed by atoms with van der Waals surface area (Å²) in [4.78, 5) is 20.7. The maximum atomic E-state index is 12.3. The molecule has 1 heterocycles. The van der Waals surface area contributed by atoms with E-state index >= 15 is 0 Å². The number of ether oxygens (including phenoxy) is 2. The number of nitrogens with two attached hydrogens (primary N) is 1. The molecule has 0 saturated heterocycles. The molecule has 0 aliphatic heterocycles. The third-order valence-corrected chi connectivity index (χ3v) is 3.63. The summed E-state index contributed by atoms with van der Waals surface area (Å²) in [6.07, 6.45) is 0. The normalized spacial score (nSPS) is 10.6. The van der Waals surface area contributed by atoms with Crippen molar-refractivity contribution in [2.75, 3.05) is 12.8 Å². The fraction of sp³-hybridized carbons (Fsp3) is 0.118. The van der Waals surface area contributed by atoms with Crippen LogP contribution in [0.25, 0.3) is 10.9 Å². The minimum Gasteiger partial charge on any atom is -0.496 e. The summed E-state index contributed by atoms with van der Waals surface area (Å²) >= 11 is 5.92. The lowest BCUT2D eigenvalue weighted by Gasteiger charge is -2.09. The highest BCUT2D eigenvalue weighted by Gasteiger charge is 2.15. The first kappa shape index (κ1) is 16.0. The van der Waals surface area contributed by atoms with Crippen molar-refractivity contribution in [1.82, 2.24) is 9.97 Å².